The molecule has 0 aliphatic rings. The molecule has 4 aromatic rings. The Balaban J connectivity index is 1.75. The minimum absolute atomic E-state index is 0.0164. The Hall–Kier alpha value is -3.81. The number of methoxy groups -OCH3 is 1. The van der Waals surface area contributed by atoms with Crippen LogP contribution in [0.2, 0.25) is 5.02 Å². The Morgan fingerprint density at radius 3 is 2.17 bits per heavy atom. The van der Waals surface area contributed by atoms with Gasteiger partial charge in [0.15, 0.2) is 0 Å². The normalized spacial score (nSPS) is 12.2. The van der Waals surface area contributed by atoms with E-state index in [0.717, 1.165) is 33.6 Å². The number of benzene rings is 4. The third-order valence-electron chi connectivity index (χ3n) is 7.32. The summed E-state index contributed by atoms with van der Waals surface area (Å²) in [4.78, 5) is 14.0. The van der Waals surface area contributed by atoms with Crippen molar-refractivity contribution in [2.24, 2.45) is 0 Å². The maximum absolute atomic E-state index is 14.1. The number of carbonyl (C=O) groups excluding carboxylic acids is 1. The van der Waals surface area contributed by atoms with Gasteiger partial charge in [0.25, 0.3) is 15.9 Å². The van der Waals surface area contributed by atoms with Gasteiger partial charge in [0.1, 0.15) is 5.75 Å². The van der Waals surface area contributed by atoms with Crippen molar-refractivity contribution in [3.8, 4) is 5.75 Å². The molecule has 0 unspecified atom stereocenters. The molecule has 4 rings (SSSR count). The lowest BCUT2D eigenvalue weighted by Gasteiger charge is -2.27. The second-order valence-corrected chi connectivity index (χ2v) is 13.1. The van der Waals surface area contributed by atoms with E-state index in [1.54, 1.807) is 79.9 Å². The molecule has 220 valence electrons. The number of hydrogen-bond donors (Lipinski definition) is 1. The molecule has 1 N–H and O–H groups in total. The highest BCUT2D eigenvalue weighted by Crippen LogP contribution is 2.33. The lowest BCUT2D eigenvalue weighted by atomic mass is 9.93. The Morgan fingerprint density at radius 1 is 0.905 bits per heavy atom. The lowest BCUT2D eigenvalue weighted by Crippen LogP contribution is -2.34. The maximum atomic E-state index is 14.1. The highest BCUT2D eigenvalue weighted by atomic mass is 35.5. The molecule has 42 heavy (non-hydrogen) atoms. The fourth-order valence-corrected chi connectivity index (χ4v) is 6.54. The van der Waals surface area contributed by atoms with Gasteiger partial charge >= 0.3 is 0 Å². The topological polar surface area (TPSA) is 75.7 Å². The maximum Gasteiger partial charge on any atom is 0.264 e. The van der Waals surface area contributed by atoms with E-state index in [0.29, 0.717) is 5.02 Å². The molecule has 0 radical (unpaired) electrons. The van der Waals surface area contributed by atoms with Gasteiger partial charge in [0, 0.05) is 5.02 Å². The van der Waals surface area contributed by atoms with Crippen molar-refractivity contribution in [3.05, 3.63) is 123 Å². The number of sulfonamides is 1. The first-order valence-electron chi connectivity index (χ1n) is 13.8. The summed E-state index contributed by atoms with van der Waals surface area (Å²) in [5.74, 6) is 0.672. The van der Waals surface area contributed by atoms with Gasteiger partial charge < -0.3 is 10.1 Å². The third kappa shape index (κ3) is 6.80. The molecule has 0 aromatic heterocycles. The second kappa shape index (κ2) is 13.0. The first-order chi connectivity index (χ1) is 19.9. The van der Waals surface area contributed by atoms with Crippen LogP contribution in [0.25, 0.3) is 0 Å². The summed E-state index contributed by atoms with van der Waals surface area (Å²) in [6.45, 7) is 10.0. The van der Waals surface area contributed by atoms with Gasteiger partial charge in [0.05, 0.1) is 35.8 Å². The van der Waals surface area contributed by atoms with Crippen molar-refractivity contribution < 1.29 is 17.9 Å². The molecule has 8 heteroatoms. The molecule has 0 aliphatic carbocycles. The number of amides is 1. The Morgan fingerprint density at radius 2 is 1.55 bits per heavy atom. The molecule has 0 saturated heterocycles. The standard InChI is InChI=1S/C34H37ClN2O4S/c1-22(2)30-20-31(24(4)19-33(30)41-6)25(5)36-34(38)29-9-7-8-10-32(29)37(21-26-13-15-27(35)16-14-26)42(39,40)28-17-11-23(3)12-18-28/h7-20,22,25H,21H2,1-6H3,(H,36,38)/t25-/m1/s1. The van der Waals surface area contributed by atoms with Gasteiger partial charge in [-0.3, -0.25) is 9.10 Å². The summed E-state index contributed by atoms with van der Waals surface area (Å²) in [7, 11) is -2.38. The monoisotopic (exact) mass is 604 g/mol. The van der Waals surface area contributed by atoms with Crippen LogP contribution in [0.3, 0.4) is 0 Å². The van der Waals surface area contributed by atoms with Crippen LogP contribution in [0, 0.1) is 13.8 Å². The molecule has 1 amide bonds. The van der Waals surface area contributed by atoms with Crippen molar-refractivity contribution in [1.29, 1.82) is 0 Å². The molecule has 0 heterocycles. The van der Waals surface area contributed by atoms with Gasteiger partial charge in [-0.2, -0.15) is 0 Å². The summed E-state index contributed by atoms with van der Waals surface area (Å²) in [5, 5.41) is 3.65. The minimum atomic E-state index is -4.04. The molecular weight excluding hydrogens is 568 g/mol. The van der Waals surface area contributed by atoms with Crippen molar-refractivity contribution >= 4 is 33.2 Å². The predicted molar refractivity (Wildman–Crippen MR) is 170 cm³/mol. The van der Waals surface area contributed by atoms with E-state index in [9.17, 15) is 13.2 Å². The van der Waals surface area contributed by atoms with Crippen LogP contribution in [-0.2, 0) is 16.6 Å². The zero-order chi connectivity index (χ0) is 30.6. The number of nitrogens with one attached hydrogen (secondary N) is 1. The number of para-hydroxylation sites is 1. The number of hydrogen-bond acceptors (Lipinski definition) is 4. The fraction of sp³-hybridized carbons (Fsp3) is 0.265. The summed E-state index contributed by atoms with van der Waals surface area (Å²) < 4.78 is 35.1. The van der Waals surface area contributed by atoms with Crippen LogP contribution >= 0.6 is 11.6 Å². The van der Waals surface area contributed by atoms with E-state index in [4.69, 9.17) is 16.3 Å². The van der Waals surface area contributed by atoms with Gasteiger partial charge in [-0.1, -0.05) is 67.4 Å². The smallest absolute Gasteiger partial charge is 0.264 e. The highest BCUT2D eigenvalue weighted by molar-refractivity contribution is 7.92. The molecular formula is C34H37ClN2O4S. The third-order valence-corrected chi connectivity index (χ3v) is 9.35. The predicted octanol–water partition coefficient (Wildman–Crippen LogP) is 7.98. The van der Waals surface area contributed by atoms with Crippen LogP contribution in [0.15, 0.2) is 89.8 Å². The van der Waals surface area contributed by atoms with E-state index >= 15 is 0 Å². The van der Waals surface area contributed by atoms with Crippen molar-refractivity contribution in [3.63, 3.8) is 0 Å². The lowest BCUT2D eigenvalue weighted by molar-refractivity contribution is 0.0940. The van der Waals surface area contributed by atoms with Gasteiger partial charge in [-0.05, 0) is 97.5 Å². The fourth-order valence-electron chi connectivity index (χ4n) is 4.94. The quantitative estimate of drug-likeness (QED) is 0.199. The summed E-state index contributed by atoms with van der Waals surface area (Å²) >= 11 is 6.09. The summed E-state index contributed by atoms with van der Waals surface area (Å²) in [5.41, 5.74) is 5.23. The van der Waals surface area contributed by atoms with E-state index in [1.165, 1.54) is 4.31 Å². The molecule has 0 spiro atoms. The molecule has 0 saturated carbocycles. The summed E-state index contributed by atoms with van der Waals surface area (Å²) in [6, 6.07) is 24.2. The number of carbonyl (C=O) groups is 1. The van der Waals surface area contributed by atoms with Crippen LogP contribution in [0.1, 0.15) is 70.9 Å². The number of ether oxygens (including phenoxy) is 1. The zero-order valence-electron chi connectivity index (χ0n) is 24.8. The number of rotatable bonds is 10. The minimum Gasteiger partial charge on any atom is -0.496 e. The number of aryl methyl sites for hydroxylation is 2. The average Bonchev–Trinajstić information content (AvgIpc) is 2.96. The number of halogens is 1. The molecule has 4 aromatic carbocycles. The van der Waals surface area contributed by atoms with Gasteiger partial charge in [-0.15, -0.1) is 0 Å². The van der Waals surface area contributed by atoms with Crippen LogP contribution in [0.4, 0.5) is 5.69 Å². The SMILES string of the molecule is COc1cc(C)c([C@@H](C)NC(=O)c2ccccc2N(Cc2ccc(Cl)cc2)S(=O)(=O)c2ccc(C)cc2)cc1C(C)C. The van der Waals surface area contributed by atoms with Gasteiger partial charge in [-0.25, -0.2) is 8.42 Å². The average molecular weight is 605 g/mol. The first kappa shape index (κ1) is 31.1. The van der Waals surface area contributed by atoms with Crippen molar-refractivity contribution in [2.45, 2.75) is 58.0 Å². The van der Waals surface area contributed by atoms with E-state index in [1.807, 2.05) is 26.8 Å². The Labute approximate surface area is 254 Å². The van der Waals surface area contributed by atoms with Crippen LogP contribution in [0.5, 0.6) is 5.75 Å². The Bertz CT molecular complexity index is 1670. The van der Waals surface area contributed by atoms with Crippen LogP contribution in [-0.4, -0.2) is 21.4 Å². The number of anilines is 1. The van der Waals surface area contributed by atoms with E-state index < -0.39 is 10.0 Å². The second-order valence-electron chi connectivity index (χ2n) is 10.8. The highest BCUT2D eigenvalue weighted by Gasteiger charge is 2.29. The van der Waals surface area contributed by atoms with Crippen LogP contribution < -0.4 is 14.4 Å². The number of nitrogens with zero attached hydrogens (tertiary/aromatic N) is 1. The largest absolute Gasteiger partial charge is 0.496 e. The van der Waals surface area contributed by atoms with E-state index in [2.05, 4.69) is 25.2 Å². The van der Waals surface area contributed by atoms with Crippen molar-refractivity contribution in [2.75, 3.05) is 11.4 Å². The van der Waals surface area contributed by atoms with Crippen molar-refractivity contribution in [1.82, 2.24) is 5.32 Å². The van der Waals surface area contributed by atoms with Gasteiger partial charge in [0.2, 0.25) is 0 Å². The molecule has 6 nitrogen and oxygen atoms in total. The molecule has 0 aliphatic heterocycles. The molecule has 0 fully saturated rings. The molecule has 0 bridgehead atoms. The Kier molecular flexibility index (Phi) is 9.64. The summed E-state index contributed by atoms with van der Waals surface area (Å²) in [6.07, 6.45) is 0. The first-order valence-corrected chi connectivity index (χ1v) is 15.7. The molecule has 1 atom stereocenters. The van der Waals surface area contributed by atoms with E-state index in [-0.39, 0.29) is 40.6 Å². The zero-order valence-corrected chi connectivity index (χ0v) is 26.4.